The number of hydrogen-bond donors (Lipinski definition) is 1. The maximum absolute atomic E-state index is 6.65. The number of para-hydroxylation sites is 2. The zero-order valence-corrected chi connectivity index (χ0v) is 26.2. The summed E-state index contributed by atoms with van der Waals surface area (Å²) in [6.07, 6.45) is 4.66. The topological polar surface area (TPSA) is 21.3 Å². The Hall–Kier alpha value is -6.12. The number of benzene rings is 7. The monoisotopic (exact) mass is 613 g/mol. The minimum Gasteiger partial charge on any atom is -0.457 e. The number of ether oxygens (including phenoxy) is 1. The minimum atomic E-state index is -0.550. The molecule has 0 bridgehead atoms. The van der Waals surface area contributed by atoms with Crippen LogP contribution in [-0.4, -0.2) is 0 Å². The summed E-state index contributed by atoms with van der Waals surface area (Å²) in [6.45, 7) is 0. The van der Waals surface area contributed by atoms with Crippen molar-refractivity contribution in [1.29, 1.82) is 0 Å². The summed E-state index contributed by atoms with van der Waals surface area (Å²) in [7, 11) is 0. The van der Waals surface area contributed by atoms with Gasteiger partial charge < -0.3 is 10.1 Å². The van der Waals surface area contributed by atoms with E-state index < -0.39 is 5.41 Å². The quantitative estimate of drug-likeness (QED) is 0.214. The van der Waals surface area contributed by atoms with Crippen LogP contribution in [0.2, 0.25) is 0 Å². The van der Waals surface area contributed by atoms with Crippen molar-refractivity contribution >= 4 is 22.0 Å². The first kappa shape index (κ1) is 27.0. The van der Waals surface area contributed by atoms with Crippen molar-refractivity contribution in [2.45, 2.75) is 11.5 Å². The molecule has 1 aliphatic carbocycles. The average Bonchev–Trinajstić information content (AvgIpc) is 3.46. The molecule has 1 N–H and O–H groups in total. The summed E-state index contributed by atoms with van der Waals surface area (Å²) in [4.78, 5) is 0. The molecule has 48 heavy (non-hydrogen) atoms. The lowest BCUT2D eigenvalue weighted by molar-refractivity contribution is 0.437. The molecule has 226 valence electrons. The first-order valence-corrected chi connectivity index (χ1v) is 16.6. The van der Waals surface area contributed by atoms with Crippen molar-refractivity contribution in [3.05, 3.63) is 215 Å². The summed E-state index contributed by atoms with van der Waals surface area (Å²) in [5.41, 5.74) is 12.9. The van der Waals surface area contributed by atoms with Gasteiger partial charge in [0.2, 0.25) is 0 Å². The average molecular weight is 614 g/mol. The van der Waals surface area contributed by atoms with Gasteiger partial charge in [0.05, 0.1) is 11.5 Å². The van der Waals surface area contributed by atoms with Gasteiger partial charge in [0, 0.05) is 16.8 Å². The molecule has 2 aliphatic heterocycles. The van der Waals surface area contributed by atoms with Gasteiger partial charge in [-0.1, -0.05) is 152 Å². The molecule has 0 radical (unpaired) electrons. The molecule has 0 fully saturated rings. The predicted molar refractivity (Wildman–Crippen MR) is 196 cm³/mol. The number of hydrogen-bond acceptors (Lipinski definition) is 2. The highest BCUT2D eigenvalue weighted by Crippen LogP contribution is 2.63. The van der Waals surface area contributed by atoms with Crippen LogP contribution in [0.3, 0.4) is 0 Å². The van der Waals surface area contributed by atoms with Gasteiger partial charge in [0.1, 0.15) is 11.5 Å². The van der Waals surface area contributed by atoms with E-state index in [1.807, 2.05) is 0 Å². The number of allylic oxidation sites excluding steroid dienone is 2. The van der Waals surface area contributed by atoms with Crippen molar-refractivity contribution in [2.75, 3.05) is 0 Å². The molecular formula is C46H31NO. The van der Waals surface area contributed by atoms with Crippen LogP contribution in [0, 0.1) is 0 Å². The summed E-state index contributed by atoms with van der Waals surface area (Å²) >= 11 is 0. The zero-order chi connectivity index (χ0) is 31.7. The van der Waals surface area contributed by atoms with Gasteiger partial charge in [-0.2, -0.15) is 0 Å². The van der Waals surface area contributed by atoms with Crippen LogP contribution < -0.4 is 10.1 Å². The third kappa shape index (κ3) is 3.87. The van der Waals surface area contributed by atoms with Crippen molar-refractivity contribution in [3.8, 4) is 22.6 Å². The number of rotatable bonds is 3. The van der Waals surface area contributed by atoms with E-state index >= 15 is 0 Å². The molecule has 7 aromatic carbocycles. The fourth-order valence-electron chi connectivity index (χ4n) is 8.30. The molecule has 3 aliphatic rings. The Morgan fingerprint density at radius 2 is 1.15 bits per heavy atom. The summed E-state index contributed by atoms with van der Waals surface area (Å²) in [6, 6.07) is 59.1. The Bertz CT molecular complexity index is 2410. The SMILES string of the molecule is C1=C(c2ccccc2)C=C(c2ccccc2)NC1c1ccc2c(c1)C1(c3ccccc3Oc3ccccc31)c1c-2ccc2ccccc12. The van der Waals surface area contributed by atoms with Gasteiger partial charge >= 0.3 is 0 Å². The highest BCUT2D eigenvalue weighted by molar-refractivity contribution is 6.01. The van der Waals surface area contributed by atoms with Gasteiger partial charge in [-0.25, -0.2) is 0 Å². The first-order chi connectivity index (χ1) is 23.8. The zero-order valence-electron chi connectivity index (χ0n) is 26.2. The summed E-state index contributed by atoms with van der Waals surface area (Å²) < 4.78 is 6.65. The molecule has 10 rings (SSSR count). The molecule has 2 nitrogen and oxygen atoms in total. The lowest BCUT2D eigenvalue weighted by Crippen LogP contribution is -2.32. The third-order valence-electron chi connectivity index (χ3n) is 10.4. The van der Waals surface area contributed by atoms with E-state index in [4.69, 9.17) is 4.74 Å². The van der Waals surface area contributed by atoms with Crippen LogP contribution >= 0.6 is 0 Å². The van der Waals surface area contributed by atoms with E-state index in [0.717, 1.165) is 17.2 Å². The van der Waals surface area contributed by atoms with Crippen molar-refractivity contribution in [1.82, 2.24) is 5.32 Å². The molecule has 7 aromatic rings. The molecule has 0 amide bonds. The van der Waals surface area contributed by atoms with Crippen LogP contribution in [0.4, 0.5) is 0 Å². The van der Waals surface area contributed by atoms with E-state index in [2.05, 4.69) is 181 Å². The van der Waals surface area contributed by atoms with Crippen LogP contribution in [-0.2, 0) is 5.41 Å². The Kier molecular flexibility index (Phi) is 5.89. The molecule has 0 saturated heterocycles. The van der Waals surface area contributed by atoms with E-state index in [1.54, 1.807) is 0 Å². The van der Waals surface area contributed by atoms with Crippen molar-refractivity contribution < 1.29 is 4.74 Å². The summed E-state index contributed by atoms with van der Waals surface area (Å²) in [5.74, 6) is 1.81. The second-order valence-electron chi connectivity index (χ2n) is 12.9. The maximum atomic E-state index is 6.65. The van der Waals surface area contributed by atoms with Crippen LogP contribution in [0.25, 0.3) is 33.2 Å². The smallest absolute Gasteiger partial charge is 0.132 e. The van der Waals surface area contributed by atoms with Crippen molar-refractivity contribution in [3.63, 3.8) is 0 Å². The molecule has 0 aromatic heterocycles. The third-order valence-corrected chi connectivity index (χ3v) is 10.4. The predicted octanol–water partition coefficient (Wildman–Crippen LogP) is 11.1. The second kappa shape index (κ2) is 10.4. The fourth-order valence-corrected chi connectivity index (χ4v) is 8.30. The molecule has 0 saturated carbocycles. The highest BCUT2D eigenvalue weighted by atomic mass is 16.5. The molecule has 1 spiro atoms. The van der Waals surface area contributed by atoms with Crippen LogP contribution in [0.5, 0.6) is 11.5 Å². The van der Waals surface area contributed by atoms with E-state index in [0.29, 0.717) is 0 Å². The molecule has 2 heterocycles. The van der Waals surface area contributed by atoms with Crippen molar-refractivity contribution in [2.24, 2.45) is 0 Å². The number of dihydropyridines is 1. The van der Waals surface area contributed by atoms with Gasteiger partial charge in [0.25, 0.3) is 0 Å². The fraction of sp³-hybridized carbons (Fsp3) is 0.0435. The second-order valence-corrected chi connectivity index (χ2v) is 12.9. The van der Waals surface area contributed by atoms with Crippen LogP contribution in [0.15, 0.2) is 176 Å². The Morgan fingerprint density at radius 3 is 1.90 bits per heavy atom. The van der Waals surface area contributed by atoms with Crippen LogP contribution in [0.1, 0.15) is 45.0 Å². The van der Waals surface area contributed by atoms with Gasteiger partial charge in [-0.05, 0) is 79.6 Å². The first-order valence-electron chi connectivity index (χ1n) is 16.6. The van der Waals surface area contributed by atoms with E-state index in [1.165, 1.54) is 66.4 Å². The van der Waals surface area contributed by atoms with E-state index in [-0.39, 0.29) is 6.04 Å². The molecule has 1 unspecified atom stereocenters. The molecule has 1 atom stereocenters. The Balaban J connectivity index is 1.25. The largest absolute Gasteiger partial charge is 0.457 e. The standard InChI is InChI=1S/C46H31NO/c1-3-13-30(14-4-1)34-28-41(32-16-5-2-6-17-32)47-42(29-34)33-24-25-36-37-26-23-31-15-7-8-18-35(31)45(37)46(40(36)27-33)38-19-9-11-21-43(38)48-44-22-12-10-20-39(44)46/h1-29,42,47H. The maximum Gasteiger partial charge on any atom is 0.132 e. The highest BCUT2D eigenvalue weighted by Gasteiger charge is 2.52. The lowest BCUT2D eigenvalue weighted by atomic mass is 9.65. The molecule has 2 heteroatoms. The minimum absolute atomic E-state index is 0.0338. The van der Waals surface area contributed by atoms with Gasteiger partial charge in [0.15, 0.2) is 0 Å². The Morgan fingerprint density at radius 1 is 0.521 bits per heavy atom. The normalized spacial score (nSPS) is 16.5. The number of nitrogens with one attached hydrogen (secondary N) is 1. The van der Waals surface area contributed by atoms with Gasteiger partial charge in [-0.15, -0.1) is 0 Å². The lowest BCUT2D eigenvalue weighted by Gasteiger charge is -2.40. The summed E-state index contributed by atoms with van der Waals surface area (Å²) in [5, 5.41) is 6.43. The van der Waals surface area contributed by atoms with Gasteiger partial charge in [-0.3, -0.25) is 0 Å². The van der Waals surface area contributed by atoms with E-state index in [9.17, 15) is 0 Å². The molecular weight excluding hydrogens is 583 g/mol. The Labute approximate surface area is 280 Å². The number of fused-ring (bicyclic) bond motifs is 11.